The zero-order chi connectivity index (χ0) is 17.5. The number of pyridine rings is 1. The topological polar surface area (TPSA) is 48.7 Å². The van der Waals surface area contributed by atoms with Crippen LogP contribution in [-0.2, 0) is 12.8 Å². The normalized spacial score (nSPS) is 16.2. The third kappa shape index (κ3) is 2.45. The van der Waals surface area contributed by atoms with Crippen molar-refractivity contribution in [1.82, 2.24) is 4.98 Å². The van der Waals surface area contributed by atoms with Gasteiger partial charge in [0.15, 0.2) is 0 Å². The lowest BCUT2D eigenvalue weighted by atomic mass is 9.89. The van der Waals surface area contributed by atoms with E-state index < -0.39 is 0 Å². The first-order chi connectivity index (χ1) is 12.8. The van der Waals surface area contributed by atoms with Crippen LogP contribution >= 0.6 is 0 Å². The van der Waals surface area contributed by atoms with E-state index in [9.17, 15) is 5.11 Å². The molecule has 0 atom stereocenters. The van der Waals surface area contributed by atoms with Gasteiger partial charge in [-0.15, -0.1) is 0 Å². The van der Waals surface area contributed by atoms with Crippen molar-refractivity contribution in [1.29, 1.82) is 0 Å². The molecule has 4 nitrogen and oxygen atoms in total. The minimum absolute atomic E-state index is 0.396. The van der Waals surface area contributed by atoms with Gasteiger partial charge in [0, 0.05) is 47.7 Å². The van der Waals surface area contributed by atoms with E-state index in [1.807, 2.05) is 30.3 Å². The van der Waals surface area contributed by atoms with Gasteiger partial charge in [-0.3, -0.25) is 9.98 Å². The third-order valence-electron chi connectivity index (χ3n) is 5.48. The summed E-state index contributed by atoms with van der Waals surface area (Å²) in [4.78, 5) is 11.6. The zero-order valence-corrected chi connectivity index (χ0v) is 14.7. The number of benzene rings is 2. The Hall–Kier alpha value is -2.88. The third-order valence-corrected chi connectivity index (χ3v) is 5.48. The second-order valence-electron chi connectivity index (χ2n) is 7.11. The first-order valence-corrected chi connectivity index (χ1v) is 9.32. The highest BCUT2D eigenvalue weighted by Gasteiger charge is 2.27. The molecule has 0 spiro atoms. The first-order valence-electron chi connectivity index (χ1n) is 9.32. The van der Waals surface area contributed by atoms with Crippen molar-refractivity contribution in [2.24, 2.45) is 4.99 Å². The number of fused-ring (bicyclic) bond motifs is 1. The van der Waals surface area contributed by atoms with Crippen molar-refractivity contribution in [3.05, 3.63) is 59.3 Å². The molecule has 0 fully saturated rings. The minimum atomic E-state index is 0.396. The SMILES string of the molecule is Oc1c(C=Nc2cccc3cccnc23)cc2c3c1CCCN3CCC2. The summed E-state index contributed by atoms with van der Waals surface area (Å²) >= 11 is 0. The average Bonchev–Trinajstić information content (AvgIpc) is 2.69. The lowest BCUT2D eigenvalue weighted by molar-refractivity contribution is 0.461. The molecule has 0 radical (unpaired) electrons. The van der Waals surface area contributed by atoms with E-state index in [0.29, 0.717) is 5.75 Å². The molecule has 5 rings (SSSR count). The molecule has 0 saturated heterocycles. The van der Waals surface area contributed by atoms with Crippen LogP contribution in [0.5, 0.6) is 5.75 Å². The molecule has 3 heterocycles. The molecule has 1 aromatic heterocycles. The van der Waals surface area contributed by atoms with Crippen molar-refractivity contribution in [3.63, 3.8) is 0 Å². The van der Waals surface area contributed by atoms with Crippen LogP contribution < -0.4 is 4.90 Å². The number of hydrogen-bond donors (Lipinski definition) is 1. The monoisotopic (exact) mass is 343 g/mol. The Balaban J connectivity index is 1.60. The highest BCUT2D eigenvalue weighted by molar-refractivity contribution is 5.94. The van der Waals surface area contributed by atoms with E-state index in [0.717, 1.165) is 60.1 Å². The molecular formula is C22H21N3O. The van der Waals surface area contributed by atoms with Crippen LogP contribution in [0.15, 0.2) is 47.6 Å². The van der Waals surface area contributed by atoms with Gasteiger partial charge < -0.3 is 10.0 Å². The first kappa shape index (κ1) is 15.4. The summed E-state index contributed by atoms with van der Waals surface area (Å²) in [7, 11) is 0. The fraction of sp³-hybridized carbons (Fsp3) is 0.273. The van der Waals surface area contributed by atoms with Gasteiger partial charge in [-0.25, -0.2) is 0 Å². The Morgan fingerprint density at radius 3 is 2.85 bits per heavy atom. The van der Waals surface area contributed by atoms with Crippen LogP contribution in [0, 0.1) is 0 Å². The fourth-order valence-electron chi connectivity index (χ4n) is 4.30. The molecule has 0 bridgehead atoms. The summed E-state index contributed by atoms with van der Waals surface area (Å²) in [5.74, 6) is 0.396. The maximum absolute atomic E-state index is 10.9. The van der Waals surface area contributed by atoms with E-state index in [1.54, 1.807) is 12.4 Å². The number of aryl methyl sites for hydroxylation is 1. The summed E-state index contributed by atoms with van der Waals surface area (Å²) < 4.78 is 0. The molecule has 2 aliphatic rings. The lowest BCUT2D eigenvalue weighted by Gasteiger charge is -2.37. The molecule has 1 N–H and O–H groups in total. The number of phenols is 1. The van der Waals surface area contributed by atoms with Crippen molar-refractivity contribution < 1.29 is 5.11 Å². The number of aromatic hydroxyl groups is 1. The van der Waals surface area contributed by atoms with E-state index in [2.05, 4.69) is 20.9 Å². The number of anilines is 1. The van der Waals surface area contributed by atoms with Crippen molar-refractivity contribution in [3.8, 4) is 5.75 Å². The molecular weight excluding hydrogens is 322 g/mol. The van der Waals surface area contributed by atoms with Crippen molar-refractivity contribution in [2.75, 3.05) is 18.0 Å². The van der Waals surface area contributed by atoms with Crippen molar-refractivity contribution >= 4 is 28.5 Å². The summed E-state index contributed by atoms with van der Waals surface area (Å²) in [5, 5.41) is 11.9. The Morgan fingerprint density at radius 2 is 1.92 bits per heavy atom. The Morgan fingerprint density at radius 1 is 1.08 bits per heavy atom. The van der Waals surface area contributed by atoms with Crippen LogP contribution in [0.2, 0.25) is 0 Å². The van der Waals surface area contributed by atoms with Crippen LogP contribution in [0.3, 0.4) is 0 Å². The summed E-state index contributed by atoms with van der Waals surface area (Å²) in [5.41, 5.74) is 6.26. The molecule has 0 unspecified atom stereocenters. The van der Waals surface area contributed by atoms with Gasteiger partial charge in [0.1, 0.15) is 5.75 Å². The molecule has 3 aromatic rings. The lowest BCUT2D eigenvalue weighted by Crippen LogP contribution is -2.34. The number of rotatable bonds is 2. The minimum Gasteiger partial charge on any atom is -0.507 e. The highest BCUT2D eigenvalue weighted by Crippen LogP contribution is 2.41. The molecule has 0 saturated carbocycles. The summed E-state index contributed by atoms with van der Waals surface area (Å²) in [6, 6.07) is 12.1. The number of phenolic OH excluding ortho intramolecular Hbond substituents is 1. The van der Waals surface area contributed by atoms with Gasteiger partial charge in [-0.05, 0) is 49.4 Å². The maximum atomic E-state index is 10.9. The molecule has 0 amide bonds. The Bertz CT molecular complexity index is 1020. The van der Waals surface area contributed by atoms with Gasteiger partial charge in [0.2, 0.25) is 0 Å². The quantitative estimate of drug-likeness (QED) is 0.702. The second-order valence-corrected chi connectivity index (χ2v) is 7.11. The van der Waals surface area contributed by atoms with Gasteiger partial charge in [0.25, 0.3) is 0 Å². The van der Waals surface area contributed by atoms with E-state index in [4.69, 9.17) is 0 Å². The number of nitrogens with zero attached hydrogens (tertiary/aromatic N) is 3. The number of para-hydroxylation sites is 1. The van der Waals surface area contributed by atoms with Crippen LogP contribution in [0.25, 0.3) is 10.9 Å². The molecule has 130 valence electrons. The highest BCUT2D eigenvalue weighted by atomic mass is 16.3. The Labute approximate surface area is 152 Å². The molecule has 4 heteroatoms. The summed E-state index contributed by atoms with van der Waals surface area (Å²) in [6.07, 6.45) is 7.90. The van der Waals surface area contributed by atoms with Crippen LogP contribution in [-0.4, -0.2) is 29.4 Å². The predicted octanol–water partition coefficient (Wildman–Crippen LogP) is 4.39. The van der Waals surface area contributed by atoms with Gasteiger partial charge >= 0.3 is 0 Å². The molecule has 0 aliphatic carbocycles. The molecule has 2 aromatic carbocycles. The zero-order valence-electron chi connectivity index (χ0n) is 14.7. The standard InChI is InChI=1S/C22H21N3O/c26-22-17(13-16-7-3-11-25-12-4-8-18(22)21(16)25)14-24-19-9-1-5-15-6-2-10-23-20(15)19/h1-2,5-6,9-10,13-14,26H,3-4,7-8,11-12H2. The predicted molar refractivity (Wildman–Crippen MR) is 106 cm³/mol. The van der Waals surface area contributed by atoms with E-state index in [-0.39, 0.29) is 0 Å². The number of hydrogen-bond acceptors (Lipinski definition) is 4. The van der Waals surface area contributed by atoms with Gasteiger partial charge in [-0.1, -0.05) is 18.2 Å². The Kier molecular flexibility index (Phi) is 3.63. The maximum Gasteiger partial charge on any atom is 0.129 e. The fourth-order valence-corrected chi connectivity index (χ4v) is 4.30. The number of aromatic nitrogens is 1. The smallest absolute Gasteiger partial charge is 0.129 e. The van der Waals surface area contributed by atoms with E-state index in [1.165, 1.54) is 17.7 Å². The largest absolute Gasteiger partial charge is 0.507 e. The molecule has 2 aliphatic heterocycles. The van der Waals surface area contributed by atoms with Gasteiger partial charge in [0.05, 0.1) is 11.2 Å². The van der Waals surface area contributed by atoms with Crippen LogP contribution in [0.1, 0.15) is 29.5 Å². The summed E-state index contributed by atoms with van der Waals surface area (Å²) in [6.45, 7) is 2.21. The van der Waals surface area contributed by atoms with Crippen molar-refractivity contribution in [2.45, 2.75) is 25.7 Å². The van der Waals surface area contributed by atoms with E-state index >= 15 is 0 Å². The second kappa shape index (κ2) is 6.13. The number of aliphatic imine (C=N–C) groups is 1. The van der Waals surface area contributed by atoms with Gasteiger partial charge in [-0.2, -0.15) is 0 Å². The molecule has 26 heavy (non-hydrogen) atoms. The average molecular weight is 343 g/mol. The van der Waals surface area contributed by atoms with Crippen LogP contribution in [0.4, 0.5) is 11.4 Å².